The zero-order valence-electron chi connectivity index (χ0n) is 18.2. The van der Waals surface area contributed by atoms with Crippen LogP contribution in [0.4, 0.5) is 0 Å². The molecule has 1 aromatic heterocycles. The molecular formula is C25H28N4O4. The Morgan fingerprint density at radius 2 is 1.73 bits per heavy atom. The summed E-state index contributed by atoms with van der Waals surface area (Å²) in [6, 6.07) is 14.6. The molecule has 2 heterocycles. The Morgan fingerprint density at radius 1 is 0.970 bits per heavy atom. The third-order valence-electron chi connectivity index (χ3n) is 6.01. The summed E-state index contributed by atoms with van der Waals surface area (Å²) in [7, 11) is 0. The first-order chi connectivity index (χ1) is 16.0. The third-order valence-corrected chi connectivity index (χ3v) is 6.01. The van der Waals surface area contributed by atoms with Crippen LogP contribution in [0.3, 0.4) is 0 Å². The topological polar surface area (TPSA) is 123 Å². The minimum atomic E-state index is -1.13. The van der Waals surface area contributed by atoms with E-state index in [1.807, 2.05) is 54.6 Å². The number of carbonyl (C=O) groups is 3. The molecule has 8 nitrogen and oxygen atoms in total. The number of hydrogen-bond donors (Lipinski definition) is 5. The smallest absolute Gasteiger partial charge is 0.326 e. The first kappa shape index (κ1) is 22.5. The average Bonchev–Trinajstić information content (AvgIpc) is 3.49. The van der Waals surface area contributed by atoms with E-state index in [1.165, 1.54) is 0 Å². The predicted molar refractivity (Wildman–Crippen MR) is 125 cm³/mol. The Kier molecular flexibility index (Phi) is 7.04. The molecule has 1 fully saturated rings. The molecule has 0 aliphatic carbocycles. The van der Waals surface area contributed by atoms with Crippen molar-refractivity contribution in [1.29, 1.82) is 0 Å². The summed E-state index contributed by atoms with van der Waals surface area (Å²) < 4.78 is 0. The monoisotopic (exact) mass is 448 g/mol. The third kappa shape index (κ3) is 5.59. The lowest BCUT2D eigenvalue weighted by molar-refractivity contribution is -0.142. The van der Waals surface area contributed by atoms with Gasteiger partial charge < -0.3 is 26.0 Å². The second kappa shape index (κ2) is 10.3. The number of carboxylic acids is 1. The van der Waals surface area contributed by atoms with Crippen LogP contribution in [0.5, 0.6) is 0 Å². The number of carboxylic acid groups (broad SMARTS) is 1. The molecule has 3 aromatic rings. The zero-order chi connectivity index (χ0) is 23.2. The number of amides is 2. The van der Waals surface area contributed by atoms with Crippen LogP contribution in [0.15, 0.2) is 60.8 Å². The first-order valence-corrected chi connectivity index (χ1v) is 11.2. The lowest BCUT2D eigenvalue weighted by atomic mass is 10.0. The van der Waals surface area contributed by atoms with Gasteiger partial charge in [0, 0.05) is 29.9 Å². The molecular weight excluding hydrogens is 420 g/mol. The quantitative estimate of drug-likeness (QED) is 0.341. The molecule has 1 aliphatic heterocycles. The summed E-state index contributed by atoms with van der Waals surface area (Å²) >= 11 is 0. The highest BCUT2D eigenvalue weighted by Gasteiger charge is 2.30. The number of rotatable bonds is 9. The van der Waals surface area contributed by atoms with Crippen molar-refractivity contribution in [2.75, 3.05) is 6.54 Å². The van der Waals surface area contributed by atoms with Crippen molar-refractivity contribution in [3.8, 4) is 0 Å². The number of fused-ring (bicyclic) bond motifs is 1. The van der Waals surface area contributed by atoms with Gasteiger partial charge in [0.15, 0.2) is 0 Å². The largest absolute Gasteiger partial charge is 0.480 e. The Balaban J connectivity index is 1.50. The number of carbonyl (C=O) groups excluding carboxylic acids is 2. The van der Waals surface area contributed by atoms with Gasteiger partial charge in [0.1, 0.15) is 12.1 Å². The van der Waals surface area contributed by atoms with E-state index in [1.54, 1.807) is 6.20 Å². The van der Waals surface area contributed by atoms with Crippen molar-refractivity contribution in [2.45, 2.75) is 43.8 Å². The second-order valence-corrected chi connectivity index (χ2v) is 8.36. The van der Waals surface area contributed by atoms with Crippen molar-refractivity contribution in [2.24, 2.45) is 0 Å². The maximum absolute atomic E-state index is 13.2. The van der Waals surface area contributed by atoms with Crippen LogP contribution in [0.25, 0.3) is 10.9 Å². The van der Waals surface area contributed by atoms with E-state index < -0.39 is 24.0 Å². The van der Waals surface area contributed by atoms with E-state index in [0.717, 1.165) is 35.0 Å². The van der Waals surface area contributed by atoms with E-state index >= 15 is 0 Å². The van der Waals surface area contributed by atoms with E-state index in [4.69, 9.17) is 0 Å². The Morgan fingerprint density at radius 3 is 2.45 bits per heavy atom. The summed E-state index contributed by atoms with van der Waals surface area (Å²) in [6.45, 7) is 0.763. The minimum Gasteiger partial charge on any atom is -0.480 e. The standard InChI is InChI=1S/C25H28N4O4/c30-23(20-11-6-12-26-20)28-21(13-16-7-2-1-3-8-16)24(31)29-22(25(32)33)14-17-15-27-19-10-5-4-9-18(17)19/h1-5,7-10,15,20-22,26-27H,6,11-14H2,(H,28,30)(H,29,31)(H,32,33). The molecule has 1 aliphatic rings. The van der Waals surface area contributed by atoms with E-state index in [0.29, 0.717) is 6.42 Å². The van der Waals surface area contributed by atoms with Crippen LogP contribution < -0.4 is 16.0 Å². The summed E-state index contributed by atoms with van der Waals surface area (Å²) in [4.78, 5) is 41.0. The van der Waals surface area contributed by atoms with Crippen molar-refractivity contribution < 1.29 is 19.5 Å². The summed E-state index contributed by atoms with van der Waals surface area (Å²) in [6.07, 6.45) is 3.77. The van der Waals surface area contributed by atoms with E-state index in [2.05, 4.69) is 20.9 Å². The van der Waals surface area contributed by atoms with Gasteiger partial charge in [-0.05, 0) is 36.6 Å². The molecule has 172 valence electrons. The molecule has 1 saturated heterocycles. The average molecular weight is 449 g/mol. The molecule has 8 heteroatoms. The number of H-pyrrole nitrogens is 1. The predicted octanol–water partition coefficient (Wildman–Crippen LogP) is 1.76. The van der Waals surface area contributed by atoms with Crippen molar-refractivity contribution >= 4 is 28.7 Å². The molecule has 3 atom stereocenters. The molecule has 0 radical (unpaired) electrons. The van der Waals surface area contributed by atoms with Crippen LogP contribution in [0.2, 0.25) is 0 Å². The molecule has 0 saturated carbocycles. The number of aliphatic carboxylic acids is 1. The summed E-state index contributed by atoms with van der Waals surface area (Å²) in [5.74, 6) is -1.89. The summed E-state index contributed by atoms with van der Waals surface area (Å²) in [5.41, 5.74) is 2.58. The molecule has 0 bridgehead atoms. The Labute approximate surface area is 191 Å². The van der Waals surface area contributed by atoms with Gasteiger partial charge in [-0.1, -0.05) is 48.5 Å². The highest BCUT2D eigenvalue weighted by molar-refractivity contribution is 5.92. The molecule has 2 aromatic carbocycles. The maximum atomic E-state index is 13.2. The fourth-order valence-electron chi connectivity index (χ4n) is 4.23. The highest BCUT2D eigenvalue weighted by Crippen LogP contribution is 2.19. The van der Waals surface area contributed by atoms with Gasteiger partial charge >= 0.3 is 5.97 Å². The van der Waals surface area contributed by atoms with E-state index in [-0.39, 0.29) is 24.8 Å². The van der Waals surface area contributed by atoms with Crippen molar-refractivity contribution in [1.82, 2.24) is 20.9 Å². The normalized spacial score (nSPS) is 17.4. The van der Waals surface area contributed by atoms with Crippen molar-refractivity contribution in [3.63, 3.8) is 0 Å². The lowest BCUT2D eigenvalue weighted by Crippen LogP contribution is -2.55. The van der Waals surface area contributed by atoms with E-state index in [9.17, 15) is 19.5 Å². The molecule has 5 N–H and O–H groups in total. The fraction of sp³-hybridized carbons (Fsp3) is 0.320. The molecule has 2 amide bonds. The zero-order valence-corrected chi connectivity index (χ0v) is 18.2. The number of para-hydroxylation sites is 1. The van der Waals surface area contributed by atoms with Gasteiger partial charge in [-0.15, -0.1) is 0 Å². The lowest BCUT2D eigenvalue weighted by Gasteiger charge is -2.23. The minimum absolute atomic E-state index is 0.126. The first-order valence-electron chi connectivity index (χ1n) is 11.2. The summed E-state index contributed by atoms with van der Waals surface area (Å²) in [5, 5.41) is 19.3. The Bertz CT molecular complexity index is 1120. The van der Waals surface area contributed by atoms with Crippen molar-refractivity contribution in [3.05, 3.63) is 71.9 Å². The van der Waals surface area contributed by atoms with Gasteiger partial charge in [-0.2, -0.15) is 0 Å². The Hall–Kier alpha value is -3.65. The van der Waals surface area contributed by atoms with Crippen LogP contribution in [-0.2, 0) is 27.2 Å². The van der Waals surface area contributed by atoms with Gasteiger partial charge in [-0.3, -0.25) is 9.59 Å². The SMILES string of the molecule is O=C(O)C(Cc1c[nH]c2ccccc12)NC(=O)C(Cc1ccccc1)NC(=O)C1CCCN1. The van der Waals surface area contributed by atoms with Crippen LogP contribution >= 0.6 is 0 Å². The number of nitrogens with one attached hydrogen (secondary N) is 4. The number of benzene rings is 2. The number of aromatic nitrogens is 1. The molecule has 33 heavy (non-hydrogen) atoms. The molecule has 3 unspecified atom stereocenters. The van der Waals surface area contributed by atoms with Gasteiger partial charge in [-0.25, -0.2) is 4.79 Å². The van der Waals surface area contributed by atoms with Gasteiger partial charge in [0.2, 0.25) is 11.8 Å². The number of hydrogen-bond acceptors (Lipinski definition) is 4. The molecule has 4 rings (SSSR count). The second-order valence-electron chi connectivity index (χ2n) is 8.36. The van der Waals surface area contributed by atoms with Crippen LogP contribution in [-0.4, -0.2) is 52.5 Å². The van der Waals surface area contributed by atoms with Crippen LogP contribution in [0, 0.1) is 0 Å². The van der Waals surface area contributed by atoms with Gasteiger partial charge in [0.25, 0.3) is 0 Å². The highest BCUT2D eigenvalue weighted by atomic mass is 16.4. The van der Waals surface area contributed by atoms with Crippen LogP contribution in [0.1, 0.15) is 24.0 Å². The molecule has 0 spiro atoms. The fourth-order valence-corrected chi connectivity index (χ4v) is 4.23. The van der Waals surface area contributed by atoms with Gasteiger partial charge in [0.05, 0.1) is 6.04 Å². The number of aromatic amines is 1. The maximum Gasteiger partial charge on any atom is 0.326 e.